The van der Waals surface area contributed by atoms with E-state index in [2.05, 4.69) is 16.4 Å². The van der Waals surface area contributed by atoms with Gasteiger partial charge in [-0.15, -0.1) is 4.99 Å². The zero-order chi connectivity index (χ0) is 21.5. The smallest absolute Gasteiger partial charge is 0.414 e. The third-order valence-corrected chi connectivity index (χ3v) is 6.16. The Morgan fingerprint density at radius 3 is 2.53 bits per heavy atom. The number of carbonyl (C=O) groups excluding carboxylic acids is 2. The summed E-state index contributed by atoms with van der Waals surface area (Å²) in [5.41, 5.74) is 6.79. The number of amides is 2. The molecule has 2 aliphatic heterocycles. The van der Waals surface area contributed by atoms with Crippen molar-refractivity contribution in [2.45, 2.75) is 18.4 Å². The first-order chi connectivity index (χ1) is 14.4. The van der Waals surface area contributed by atoms with E-state index >= 15 is 0 Å². The molecule has 4 atom stereocenters. The molecule has 0 bridgehead atoms. The lowest BCUT2D eigenvalue weighted by Gasteiger charge is -2.23. The Balaban J connectivity index is 1.44. The number of guanidine groups is 1. The first kappa shape index (κ1) is 19.5. The Morgan fingerprint density at radius 1 is 1.30 bits per heavy atom. The van der Waals surface area contributed by atoms with E-state index in [4.69, 9.17) is 15.7 Å². The number of hydrogen-bond acceptors (Lipinski definition) is 6. The molecule has 2 heterocycles. The minimum absolute atomic E-state index is 0.125. The van der Waals surface area contributed by atoms with Crippen molar-refractivity contribution in [2.75, 3.05) is 31.1 Å². The molecule has 30 heavy (non-hydrogen) atoms. The number of rotatable bonds is 4. The highest BCUT2D eigenvalue weighted by Gasteiger charge is 2.70. The van der Waals surface area contributed by atoms with Crippen molar-refractivity contribution in [3.05, 3.63) is 29.8 Å². The number of piperidine rings is 1. The molecule has 0 aromatic heterocycles. The SMILES string of the molecule is CC(=O)NC[C@H]1CN(c2ccc(C3(C#N)[C@@H]4CN(C(N)=NC#N)C[C@@H]43)cc2)C(=O)O1. The van der Waals surface area contributed by atoms with Crippen LogP contribution in [0.15, 0.2) is 29.3 Å². The van der Waals surface area contributed by atoms with Crippen molar-refractivity contribution in [3.63, 3.8) is 0 Å². The van der Waals surface area contributed by atoms with Crippen LogP contribution in [0, 0.1) is 34.6 Å². The van der Waals surface area contributed by atoms with Gasteiger partial charge in [-0.25, -0.2) is 4.79 Å². The molecule has 10 heteroatoms. The molecule has 0 spiro atoms. The molecule has 1 aromatic rings. The number of carbonyl (C=O) groups is 2. The highest BCUT2D eigenvalue weighted by atomic mass is 16.6. The number of nitrogens with one attached hydrogen (secondary N) is 1. The Morgan fingerprint density at radius 2 is 1.97 bits per heavy atom. The van der Waals surface area contributed by atoms with E-state index in [-0.39, 0.29) is 30.2 Å². The minimum Gasteiger partial charge on any atom is -0.442 e. The van der Waals surface area contributed by atoms with Gasteiger partial charge in [0, 0.05) is 37.5 Å². The lowest BCUT2D eigenvalue weighted by molar-refractivity contribution is -0.119. The van der Waals surface area contributed by atoms with E-state index in [0.29, 0.717) is 25.3 Å². The highest BCUT2D eigenvalue weighted by Crippen LogP contribution is 2.63. The molecule has 1 aromatic carbocycles. The van der Waals surface area contributed by atoms with Crippen LogP contribution in [0.2, 0.25) is 0 Å². The summed E-state index contributed by atoms with van der Waals surface area (Å²) in [4.78, 5) is 30.1. The third-order valence-electron chi connectivity index (χ3n) is 6.16. The number of hydrogen-bond donors (Lipinski definition) is 2. The second kappa shape index (κ2) is 7.23. The molecular weight excluding hydrogens is 386 g/mol. The molecule has 0 radical (unpaired) electrons. The lowest BCUT2D eigenvalue weighted by atomic mass is 9.91. The highest BCUT2D eigenvalue weighted by molar-refractivity contribution is 5.90. The molecule has 154 valence electrons. The summed E-state index contributed by atoms with van der Waals surface area (Å²) < 4.78 is 5.29. The Hall–Kier alpha value is -3.79. The first-order valence-electron chi connectivity index (χ1n) is 9.62. The average molecular weight is 407 g/mol. The van der Waals surface area contributed by atoms with Crippen LogP contribution in [0.4, 0.5) is 10.5 Å². The van der Waals surface area contributed by atoms with Gasteiger partial charge >= 0.3 is 6.09 Å². The molecule has 3 aliphatic rings. The summed E-state index contributed by atoms with van der Waals surface area (Å²) in [6.45, 7) is 3.20. The van der Waals surface area contributed by atoms with Crippen molar-refractivity contribution in [1.82, 2.24) is 10.2 Å². The molecule has 2 amide bonds. The van der Waals surface area contributed by atoms with Gasteiger partial charge in [0.2, 0.25) is 18.1 Å². The number of likely N-dealkylation sites (tertiary alicyclic amines) is 1. The monoisotopic (exact) mass is 407 g/mol. The molecule has 2 saturated heterocycles. The first-order valence-corrected chi connectivity index (χ1v) is 9.62. The van der Waals surface area contributed by atoms with Crippen molar-refractivity contribution < 1.29 is 14.3 Å². The molecule has 1 aliphatic carbocycles. The summed E-state index contributed by atoms with van der Waals surface area (Å²) >= 11 is 0. The summed E-state index contributed by atoms with van der Waals surface area (Å²) in [5, 5.41) is 21.2. The molecule has 1 unspecified atom stereocenters. The summed E-state index contributed by atoms with van der Waals surface area (Å²) in [6.07, 6.45) is 0.826. The predicted molar refractivity (Wildman–Crippen MR) is 106 cm³/mol. The number of nitriles is 2. The van der Waals surface area contributed by atoms with Gasteiger partial charge in [-0.1, -0.05) is 12.1 Å². The number of ether oxygens (including phenoxy) is 1. The second-order valence-electron chi connectivity index (χ2n) is 7.77. The van der Waals surface area contributed by atoms with E-state index in [9.17, 15) is 14.9 Å². The number of nitrogens with two attached hydrogens (primary N) is 1. The Labute approximate surface area is 173 Å². The van der Waals surface area contributed by atoms with Gasteiger partial charge in [-0.2, -0.15) is 10.5 Å². The number of benzene rings is 1. The van der Waals surface area contributed by atoms with Crippen LogP contribution in [0.5, 0.6) is 0 Å². The van der Waals surface area contributed by atoms with Crippen LogP contribution in [0.3, 0.4) is 0 Å². The maximum Gasteiger partial charge on any atom is 0.414 e. The number of cyclic esters (lactones) is 1. The zero-order valence-corrected chi connectivity index (χ0v) is 16.4. The fourth-order valence-electron chi connectivity index (χ4n) is 4.61. The van der Waals surface area contributed by atoms with Gasteiger partial charge in [-0.3, -0.25) is 9.69 Å². The van der Waals surface area contributed by atoms with E-state index in [1.807, 2.05) is 29.2 Å². The standard InChI is InChI=1S/C20H21N7O3/c1-12(28)24-6-15-7-27(19(29)30-15)14-4-2-13(3-5-14)20(10-21)16-8-26(9-17(16)20)18(23)25-11-22/h2-5,15-17H,6-9H2,1H3,(H2,23,25)(H,24,28)/t15-,16-,17+,20?/m0/s1. The molecular formula is C20H21N7O3. The van der Waals surface area contributed by atoms with Gasteiger partial charge in [0.25, 0.3) is 0 Å². The quantitative estimate of drug-likeness (QED) is 0.413. The maximum absolute atomic E-state index is 12.2. The van der Waals surface area contributed by atoms with Crippen molar-refractivity contribution in [2.24, 2.45) is 22.6 Å². The Kier molecular flexibility index (Phi) is 4.70. The largest absolute Gasteiger partial charge is 0.442 e. The van der Waals surface area contributed by atoms with Gasteiger partial charge in [0.05, 0.1) is 24.6 Å². The number of anilines is 1. The maximum atomic E-state index is 12.2. The molecule has 3 fully saturated rings. The fourth-order valence-corrected chi connectivity index (χ4v) is 4.61. The Bertz CT molecular complexity index is 979. The van der Waals surface area contributed by atoms with Gasteiger partial charge in [-0.05, 0) is 17.7 Å². The molecule has 3 N–H and O–H groups in total. The summed E-state index contributed by atoms with van der Waals surface area (Å²) in [6, 6.07) is 9.86. The summed E-state index contributed by atoms with van der Waals surface area (Å²) in [5.74, 6) is 0.261. The second-order valence-corrected chi connectivity index (χ2v) is 7.77. The minimum atomic E-state index is -0.582. The topological polar surface area (TPSA) is 148 Å². The number of fused-ring (bicyclic) bond motifs is 1. The predicted octanol–water partition coefficient (Wildman–Crippen LogP) is 0.267. The molecule has 1 saturated carbocycles. The van der Waals surface area contributed by atoms with E-state index in [0.717, 1.165) is 5.56 Å². The van der Waals surface area contributed by atoms with Crippen LogP contribution in [0.25, 0.3) is 0 Å². The molecule has 10 nitrogen and oxygen atoms in total. The van der Waals surface area contributed by atoms with Crippen LogP contribution in [0.1, 0.15) is 12.5 Å². The average Bonchev–Trinajstić information content (AvgIpc) is 3.02. The van der Waals surface area contributed by atoms with Crippen molar-refractivity contribution in [1.29, 1.82) is 10.5 Å². The van der Waals surface area contributed by atoms with Gasteiger partial charge in [0.1, 0.15) is 6.10 Å². The van der Waals surface area contributed by atoms with E-state index in [1.165, 1.54) is 11.8 Å². The van der Waals surface area contributed by atoms with E-state index in [1.54, 1.807) is 6.19 Å². The summed E-state index contributed by atoms with van der Waals surface area (Å²) in [7, 11) is 0. The molecule has 4 rings (SSSR count). The van der Waals surface area contributed by atoms with Gasteiger partial charge in [0.15, 0.2) is 0 Å². The number of aliphatic imine (C=N–C) groups is 1. The van der Waals surface area contributed by atoms with Crippen LogP contribution >= 0.6 is 0 Å². The third kappa shape index (κ3) is 3.07. The normalized spacial score (nSPS) is 29.6. The zero-order valence-electron chi connectivity index (χ0n) is 16.4. The van der Waals surface area contributed by atoms with Crippen molar-refractivity contribution >= 4 is 23.6 Å². The van der Waals surface area contributed by atoms with Crippen LogP contribution in [-0.4, -0.2) is 55.1 Å². The van der Waals surface area contributed by atoms with Crippen molar-refractivity contribution in [3.8, 4) is 12.3 Å². The fraction of sp³-hybridized carbons (Fsp3) is 0.450. The number of nitrogens with zero attached hydrogens (tertiary/aromatic N) is 5. The van der Waals surface area contributed by atoms with Crippen LogP contribution in [-0.2, 0) is 14.9 Å². The van der Waals surface area contributed by atoms with Crippen LogP contribution < -0.4 is 16.0 Å². The lowest BCUT2D eigenvalue weighted by Crippen LogP contribution is -2.39. The van der Waals surface area contributed by atoms with Gasteiger partial charge < -0.3 is 20.7 Å². The van der Waals surface area contributed by atoms with E-state index < -0.39 is 17.6 Å².